The summed E-state index contributed by atoms with van der Waals surface area (Å²) >= 11 is 1.58. The summed E-state index contributed by atoms with van der Waals surface area (Å²) in [5, 5.41) is 24.2. The van der Waals surface area contributed by atoms with Crippen molar-refractivity contribution < 1.29 is 10.2 Å². The van der Waals surface area contributed by atoms with Crippen LogP contribution in [-0.4, -0.2) is 34.5 Å². The SMILES string of the molecule is C[C@H](NC(CO)CO)c1nc(-c2ccccc2)cs1. The third-order valence-electron chi connectivity index (χ3n) is 2.89. The molecule has 1 heterocycles. The second-order valence-corrected chi connectivity index (χ2v) is 5.28. The van der Waals surface area contributed by atoms with Crippen LogP contribution < -0.4 is 5.32 Å². The molecule has 3 N–H and O–H groups in total. The van der Waals surface area contributed by atoms with Gasteiger partial charge in [-0.3, -0.25) is 0 Å². The standard InChI is InChI=1S/C14H18N2O2S/c1-10(15-12(7-17)8-18)14-16-13(9-19-14)11-5-3-2-4-6-11/h2-6,9-10,12,15,17-18H,7-8H2,1H3/t10-/m0/s1. The van der Waals surface area contributed by atoms with Crippen molar-refractivity contribution in [3.8, 4) is 11.3 Å². The first-order valence-corrected chi connectivity index (χ1v) is 7.11. The van der Waals surface area contributed by atoms with E-state index >= 15 is 0 Å². The lowest BCUT2D eigenvalue weighted by Gasteiger charge is -2.17. The van der Waals surface area contributed by atoms with Crippen molar-refractivity contribution in [1.82, 2.24) is 10.3 Å². The lowest BCUT2D eigenvalue weighted by molar-refractivity contribution is 0.163. The van der Waals surface area contributed by atoms with E-state index in [1.54, 1.807) is 11.3 Å². The minimum absolute atomic E-state index is 0.00626. The molecule has 0 aliphatic heterocycles. The van der Waals surface area contributed by atoms with E-state index in [0.717, 1.165) is 16.3 Å². The Morgan fingerprint density at radius 1 is 1.21 bits per heavy atom. The Bertz CT molecular complexity index is 497. The number of nitrogens with one attached hydrogen (secondary N) is 1. The van der Waals surface area contributed by atoms with E-state index < -0.39 is 0 Å². The van der Waals surface area contributed by atoms with E-state index in [2.05, 4.69) is 10.3 Å². The lowest BCUT2D eigenvalue weighted by atomic mass is 10.2. The van der Waals surface area contributed by atoms with Gasteiger partial charge in [0.1, 0.15) is 5.01 Å². The fraction of sp³-hybridized carbons (Fsp3) is 0.357. The number of nitrogens with zero attached hydrogens (tertiary/aromatic N) is 1. The number of aliphatic hydroxyl groups excluding tert-OH is 2. The van der Waals surface area contributed by atoms with Crippen LogP contribution in [0.3, 0.4) is 0 Å². The molecule has 1 aromatic carbocycles. The zero-order valence-corrected chi connectivity index (χ0v) is 11.6. The molecule has 1 atom stereocenters. The monoisotopic (exact) mass is 278 g/mol. The molecule has 0 radical (unpaired) electrons. The highest BCUT2D eigenvalue weighted by Crippen LogP contribution is 2.25. The molecule has 19 heavy (non-hydrogen) atoms. The molecule has 0 aliphatic rings. The van der Waals surface area contributed by atoms with Gasteiger partial charge in [-0.05, 0) is 6.92 Å². The molecule has 0 aliphatic carbocycles. The average Bonchev–Trinajstić information content (AvgIpc) is 2.95. The number of hydrogen-bond acceptors (Lipinski definition) is 5. The molecule has 2 aromatic rings. The Morgan fingerprint density at radius 2 is 1.89 bits per heavy atom. The normalized spacial score (nSPS) is 12.8. The van der Waals surface area contributed by atoms with E-state index in [9.17, 15) is 0 Å². The Morgan fingerprint density at radius 3 is 2.53 bits per heavy atom. The van der Waals surface area contributed by atoms with Gasteiger partial charge < -0.3 is 15.5 Å². The topological polar surface area (TPSA) is 65.4 Å². The summed E-state index contributed by atoms with van der Waals surface area (Å²) in [5.41, 5.74) is 2.05. The highest BCUT2D eigenvalue weighted by molar-refractivity contribution is 7.10. The Kier molecular flexibility index (Phi) is 5.04. The van der Waals surface area contributed by atoms with Crippen molar-refractivity contribution in [3.05, 3.63) is 40.7 Å². The number of aliphatic hydroxyl groups is 2. The van der Waals surface area contributed by atoms with Crippen molar-refractivity contribution in [2.45, 2.75) is 19.0 Å². The molecule has 0 bridgehead atoms. The number of rotatable bonds is 6. The molecule has 2 rings (SSSR count). The van der Waals surface area contributed by atoms with Gasteiger partial charge in [0.05, 0.1) is 31.0 Å². The van der Waals surface area contributed by atoms with E-state index in [0.29, 0.717) is 0 Å². The summed E-state index contributed by atoms with van der Waals surface area (Å²) in [6, 6.07) is 9.72. The van der Waals surface area contributed by atoms with Gasteiger partial charge in [0.2, 0.25) is 0 Å². The zero-order chi connectivity index (χ0) is 13.7. The number of hydrogen-bond donors (Lipinski definition) is 3. The predicted octanol–water partition coefficient (Wildman–Crippen LogP) is 1.81. The lowest BCUT2D eigenvalue weighted by Crippen LogP contribution is -2.37. The van der Waals surface area contributed by atoms with Crippen LogP contribution in [0.15, 0.2) is 35.7 Å². The molecule has 0 spiro atoms. The highest BCUT2D eigenvalue weighted by Gasteiger charge is 2.15. The molecule has 5 heteroatoms. The summed E-state index contributed by atoms with van der Waals surface area (Å²) in [4.78, 5) is 4.59. The Balaban J connectivity index is 2.08. The molecule has 0 saturated carbocycles. The fourth-order valence-corrected chi connectivity index (χ4v) is 2.66. The van der Waals surface area contributed by atoms with Gasteiger partial charge in [0.25, 0.3) is 0 Å². The number of thiazole rings is 1. The van der Waals surface area contributed by atoms with Crippen molar-refractivity contribution in [2.75, 3.05) is 13.2 Å². The summed E-state index contributed by atoms with van der Waals surface area (Å²) in [6.07, 6.45) is 0. The van der Waals surface area contributed by atoms with E-state index in [1.165, 1.54) is 0 Å². The van der Waals surface area contributed by atoms with Crippen LogP contribution >= 0.6 is 11.3 Å². The molecular weight excluding hydrogens is 260 g/mol. The largest absolute Gasteiger partial charge is 0.395 e. The minimum atomic E-state index is -0.306. The van der Waals surface area contributed by atoms with Crippen LogP contribution in [-0.2, 0) is 0 Å². The second kappa shape index (κ2) is 6.77. The van der Waals surface area contributed by atoms with Gasteiger partial charge in [-0.2, -0.15) is 0 Å². The first-order chi connectivity index (χ1) is 9.24. The first-order valence-electron chi connectivity index (χ1n) is 6.23. The molecule has 4 nitrogen and oxygen atoms in total. The molecule has 0 fully saturated rings. The third-order valence-corrected chi connectivity index (χ3v) is 3.92. The van der Waals surface area contributed by atoms with Crippen molar-refractivity contribution in [2.24, 2.45) is 0 Å². The Hall–Kier alpha value is -1.27. The smallest absolute Gasteiger partial charge is 0.110 e. The van der Waals surface area contributed by atoms with Gasteiger partial charge in [-0.25, -0.2) is 4.98 Å². The maximum atomic E-state index is 9.07. The quantitative estimate of drug-likeness (QED) is 0.754. The van der Waals surface area contributed by atoms with Gasteiger partial charge in [-0.15, -0.1) is 11.3 Å². The minimum Gasteiger partial charge on any atom is -0.395 e. The van der Waals surface area contributed by atoms with Crippen LogP contribution in [0.2, 0.25) is 0 Å². The summed E-state index contributed by atoms with van der Waals surface area (Å²) in [6.45, 7) is 1.81. The molecule has 1 aromatic heterocycles. The Labute approximate surface area is 116 Å². The molecule has 0 unspecified atom stereocenters. The summed E-state index contributed by atoms with van der Waals surface area (Å²) in [7, 11) is 0. The van der Waals surface area contributed by atoms with Crippen LogP contribution in [0.4, 0.5) is 0 Å². The van der Waals surface area contributed by atoms with E-state index in [-0.39, 0.29) is 25.3 Å². The highest BCUT2D eigenvalue weighted by atomic mass is 32.1. The van der Waals surface area contributed by atoms with Crippen LogP contribution in [0.5, 0.6) is 0 Å². The van der Waals surface area contributed by atoms with Crippen LogP contribution in [0.1, 0.15) is 18.0 Å². The number of aromatic nitrogens is 1. The van der Waals surface area contributed by atoms with E-state index in [1.807, 2.05) is 42.6 Å². The van der Waals surface area contributed by atoms with E-state index in [4.69, 9.17) is 10.2 Å². The number of benzene rings is 1. The summed E-state index contributed by atoms with van der Waals surface area (Å²) in [5.74, 6) is 0. The fourth-order valence-electron chi connectivity index (χ4n) is 1.82. The molecule has 0 saturated heterocycles. The first kappa shape index (κ1) is 14.1. The van der Waals surface area contributed by atoms with Crippen LogP contribution in [0, 0.1) is 0 Å². The average molecular weight is 278 g/mol. The summed E-state index contributed by atoms with van der Waals surface area (Å²) < 4.78 is 0. The van der Waals surface area contributed by atoms with Crippen LogP contribution in [0.25, 0.3) is 11.3 Å². The maximum absolute atomic E-state index is 9.07. The van der Waals surface area contributed by atoms with Crippen molar-refractivity contribution in [3.63, 3.8) is 0 Å². The van der Waals surface area contributed by atoms with Gasteiger partial charge in [-0.1, -0.05) is 30.3 Å². The van der Waals surface area contributed by atoms with Gasteiger partial charge >= 0.3 is 0 Å². The van der Waals surface area contributed by atoms with Gasteiger partial charge in [0.15, 0.2) is 0 Å². The molecular formula is C14H18N2O2S. The van der Waals surface area contributed by atoms with Crippen molar-refractivity contribution in [1.29, 1.82) is 0 Å². The maximum Gasteiger partial charge on any atom is 0.110 e. The molecule has 0 amide bonds. The predicted molar refractivity (Wildman–Crippen MR) is 77.1 cm³/mol. The van der Waals surface area contributed by atoms with Crippen molar-refractivity contribution >= 4 is 11.3 Å². The van der Waals surface area contributed by atoms with Gasteiger partial charge in [0, 0.05) is 10.9 Å². The molecule has 102 valence electrons. The third kappa shape index (κ3) is 3.61. The second-order valence-electron chi connectivity index (χ2n) is 4.39. The zero-order valence-electron chi connectivity index (χ0n) is 10.8.